The number of aromatic nitrogens is 4. The van der Waals surface area contributed by atoms with Crippen LogP contribution in [0.1, 0.15) is 116 Å². The Labute approximate surface area is 270 Å². The van der Waals surface area contributed by atoms with E-state index in [4.69, 9.17) is 9.97 Å². The van der Waals surface area contributed by atoms with Gasteiger partial charge >= 0.3 is 5.97 Å². The van der Waals surface area contributed by atoms with Crippen molar-refractivity contribution in [2.45, 2.75) is 99.0 Å². The van der Waals surface area contributed by atoms with E-state index in [2.05, 4.69) is 44.6 Å². The lowest BCUT2D eigenvalue weighted by atomic mass is 9.85. The van der Waals surface area contributed by atoms with Crippen molar-refractivity contribution in [1.82, 2.24) is 24.8 Å². The number of nitrogens with zero attached hydrogens (tertiary/aromatic N) is 3. The average Bonchev–Trinajstić information content (AvgIpc) is 3.71. The number of carboxylic acids is 1. The number of carboxylic acid groups (broad SMARTS) is 1. The number of carbonyl (C=O) groups excluding carboxylic acids is 1. The van der Waals surface area contributed by atoms with E-state index in [0.717, 1.165) is 81.4 Å². The largest absolute Gasteiger partial charge is 0.478 e. The predicted molar refractivity (Wildman–Crippen MR) is 184 cm³/mol. The van der Waals surface area contributed by atoms with Gasteiger partial charge in [0.25, 0.3) is 0 Å². The molecule has 0 saturated carbocycles. The Morgan fingerprint density at radius 2 is 1.57 bits per heavy atom. The number of rotatable bonds is 9. The molecule has 3 aromatic heterocycles. The quantitative estimate of drug-likeness (QED) is 0.200. The first-order valence-electron chi connectivity index (χ1n) is 16.5. The minimum Gasteiger partial charge on any atom is -0.478 e. The lowest BCUT2D eigenvalue weighted by Crippen LogP contribution is -2.30. The molecule has 0 aliphatic carbocycles. The van der Waals surface area contributed by atoms with Gasteiger partial charge in [-0.3, -0.25) is 9.78 Å². The van der Waals surface area contributed by atoms with Crippen LogP contribution in [0.3, 0.4) is 0 Å². The van der Waals surface area contributed by atoms with Crippen LogP contribution >= 0.6 is 0 Å². The lowest BCUT2D eigenvalue weighted by Gasteiger charge is -2.20. The van der Waals surface area contributed by atoms with Gasteiger partial charge in [0, 0.05) is 64.3 Å². The van der Waals surface area contributed by atoms with Gasteiger partial charge in [0.05, 0.1) is 35.7 Å². The molecule has 0 aromatic carbocycles. The molecule has 0 spiro atoms. The molecule has 9 heteroatoms. The third-order valence-electron chi connectivity index (χ3n) is 10.0. The first-order valence-corrected chi connectivity index (χ1v) is 16.5. The van der Waals surface area contributed by atoms with Crippen molar-refractivity contribution in [2.24, 2.45) is 0 Å². The maximum absolute atomic E-state index is 13.7. The summed E-state index contributed by atoms with van der Waals surface area (Å²) >= 11 is 0. The van der Waals surface area contributed by atoms with Gasteiger partial charge in [0.1, 0.15) is 0 Å². The van der Waals surface area contributed by atoms with E-state index in [0.29, 0.717) is 29.1 Å². The van der Waals surface area contributed by atoms with Crippen LogP contribution in [0, 0.1) is 13.8 Å². The zero-order valence-electron chi connectivity index (χ0n) is 28.4. The molecule has 46 heavy (non-hydrogen) atoms. The van der Waals surface area contributed by atoms with Crippen LogP contribution in [0.4, 0.5) is 0 Å². The highest BCUT2D eigenvalue weighted by atomic mass is 16.4. The summed E-state index contributed by atoms with van der Waals surface area (Å²) in [6, 6.07) is 6.00. The van der Waals surface area contributed by atoms with Crippen molar-refractivity contribution < 1.29 is 19.8 Å². The molecule has 4 N–H and O–H groups in total. The first-order chi connectivity index (χ1) is 21.9. The fraction of sp³-hybridized carbons (Fsp3) is 0.459. The van der Waals surface area contributed by atoms with Crippen molar-refractivity contribution in [2.75, 3.05) is 13.6 Å². The maximum atomic E-state index is 13.7. The summed E-state index contributed by atoms with van der Waals surface area (Å²) < 4.78 is 0. The van der Waals surface area contributed by atoms with Crippen LogP contribution in [0.5, 0.6) is 0 Å². The summed E-state index contributed by atoms with van der Waals surface area (Å²) in [5.74, 6) is -1.18. The molecule has 0 radical (unpaired) electrons. The maximum Gasteiger partial charge on any atom is 0.338 e. The number of allylic oxidation sites excluding steroid dienone is 1. The van der Waals surface area contributed by atoms with E-state index in [1.54, 1.807) is 18.9 Å². The summed E-state index contributed by atoms with van der Waals surface area (Å²) in [4.78, 5) is 45.7. The zero-order chi connectivity index (χ0) is 33.4. The number of amides is 1. The molecule has 5 rings (SSSR count). The van der Waals surface area contributed by atoms with E-state index in [-0.39, 0.29) is 36.3 Å². The van der Waals surface area contributed by atoms with Crippen LogP contribution in [0.2, 0.25) is 0 Å². The molecule has 5 heterocycles. The minimum atomic E-state index is -1.07. The summed E-state index contributed by atoms with van der Waals surface area (Å²) in [7, 11) is 1.80. The van der Waals surface area contributed by atoms with Crippen LogP contribution in [-0.4, -0.2) is 60.5 Å². The van der Waals surface area contributed by atoms with Crippen molar-refractivity contribution >= 4 is 45.1 Å². The Morgan fingerprint density at radius 1 is 0.913 bits per heavy atom. The van der Waals surface area contributed by atoms with Gasteiger partial charge < -0.3 is 25.1 Å². The normalized spacial score (nSPS) is 16.3. The Kier molecular flexibility index (Phi) is 9.54. The highest BCUT2D eigenvalue weighted by Crippen LogP contribution is 2.43. The molecule has 2 aliphatic rings. The highest BCUT2D eigenvalue weighted by Gasteiger charge is 2.34. The van der Waals surface area contributed by atoms with Crippen molar-refractivity contribution in [1.29, 1.82) is 0 Å². The molecular weight excluding hydrogens is 578 g/mol. The summed E-state index contributed by atoms with van der Waals surface area (Å²) in [6.45, 7) is 14.8. The number of aromatic amines is 2. The molecular formula is C37H47N5O4. The number of H-pyrrole nitrogens is 2. The second-order valence-electron chi connectivity index (χ2n) is 12.8. The smallest absolute Gasteiger partial charge is 0.338 e. The second-order valence-corrected chi connectivity index (χ2v) is 12.8. The molecule has 0 fully saturated rings. The summed E-state index contributed by atoms with van der Waals surface area (Å²) in [5.41, 5.74) is 11.1. The van der Waals surface area contributed by atoms with E-state index < -0.39 is 5.97 Å². The number of aliphatic hydroxyl groups excluding tert-OH is 1. The molecule has 3 aromatic rings. The monoisotopic (exact) mass is 625 g/mol. The first kappa shape index (κ1) is 33.1. The summed E-state index contributed by atoms with van der Waals surface area (Å²) in [6.07, 6.45) is 3.38. The van der Waals surface area contributed by atoms with Gasteiger partial charge in [-0.15, -0.1) is 0 Å². The molecule has 244 valence electrons. The van der Waals surface area contributed by atoms with Gasteiger partial charge in [0.15, 0.2) is 0 Å². The fourth-order valence-electron chi connectivity index (χ4n) is 7.04. The Morgan fingerprint density at radius 3 is 2.17 bits per heavy atom. The zero-order valence-corrected chi connectivity index (χ0v) is 28.4. The van der Waals surface area contributed by atoms with Crippen molar-refractivity contribution in [3.8, 4) is 0 Å². The Hall–Kier alpha value is -4.24. The highest BCUT2D eigenvalue weighted by molar-refractivity contribution is 6.24. The van der Waals surface area contributed by atoms with E-state index in [1.807, 2.05) is 25.1 Å². The van der Waals surface area contributed by atoms with Crippen LogP contribution in [0.15, 0.2) is 18.2 Å². The van der Waals surface area contributed by atoms with Gasteiger partial charge in [-0.05, 0) is 80.5 Å². The van der Waals surface area contributed by atoms with E-state index in [9.17, 15) is 19.8 Å². The minimum absolute atomic E-state index is 0.00693. The number of likely N-dealkylation sites (N-methyl/N-ethyl adjacent to an activating group) is 1. The Bertz CT molecular complexity index is 1900. The molecule has 2 atom stereocenters. The van der Waals surface area contributed by atoms with Crippen LogP contribution in [0.25, 0.3) is 33.2 Å². The average molecular weight is 626 g/mol. The van der Waals surface area contributed by atoms with Gasteiger partial charge in [-0.25, -0.2) is 9.78 Å². The third kappa shape index (κ3) is 5.77. The van der Waals surface area contributed by atoms with Crippen LogP contribution in [-0.2, 0) is 29.0 Å². The summed E-state index contributed by atoms with van der Waals surface area (Å²) in [5, 5.41) is 21.0. The van der Waals surface area contributed by atoms with Crippen molar-refractivity contribution in [3.63, 3.8) is 0 Å². The fourth-order valence-corrected chi connectivity index (χ4v) is 7.04. The molecule has 2 aliphatic heterocycles. The molecule has 0 saturated heterocycles. The SMILES string of the molecule is CCCCN(C)C(=O)Cc1c2nc(cc3[nH]c(cc4[nH]c(cc5nc1[C@@H](CC)[C@@H]5C)c(C)c4CO)c(C)c3CC)C(C)=C2C(=O)O. The van der Waals surface area contributed by atoms with Gasteiger partial charge in [-0.1, -0.05) is 34.1 Å². The molecule has 1 amide bonds. The number of hydrogen-bond donors (Lipinski definition) is 4. The lowest BCUT2D eigenvalue weighted by molar-refractivity contribution is -0.131. The number of nitrogens with one attached hydrogen (secondary N) is 2. The van der Waals surface area contributed by atoms with E-state index in [1.165, 1.54) is 0 Å². The topological polar surface area (TPSA) is 135 Å². The number of aryl methyl sites for hydroxylation is 3. The second kappa shape index (κ2) is 13.2. The molecule has 8 bridgehead atoms. The number of hydrogen-bond acceptors (Lipinski definition) is 5. The number of carbonyl (C=O) groups is 2. The number of aliphatic carboxylic acids is 1. The number of unbranched alkanes of at least 4 members (excludes halogenated alkanes) is 1. The standard InChI is InChI=1S/C37H47N5O4/c1-9-12-13-42(8)33(44)14-25-35-24(11-3)20(5)29(40-35)15-27-21(6)26(18-43)32(39-27)16-28-19(4)23(10-2)31(38-28)17-30-22(7)34(37(45)46)36(25)41-30/h15-17,20,24,38-39,43H,9-14,18H2,1-8H3,(H,45,46)/t20-,24-/m0/s1. The third-order valence-corrected chi connectivity index (χ3v) is 10.0. The van der Waals surface area contributed by atoms with Crippen molar-refractivity contribution in [3.05, 3.63) is 68.8 Å². The number of fused-ring (bicyclic) bond motifs is 8. The Balaban J connectivity index is 1.98. The molecule has 0 unspecified atom stereocenters. The van der Waals surface area contributed by atoms with Gasteiger partial charge in [-0.2, -0.15) is 0 Å². The number of aliphatic hydroxyl groups is 1. The predicted octanol–water partition coefficient (Wildman–Crippen LogP) is 7.10. The van der Waals surface area contributed by atoms with E-state index >= 15 is 0 Å². The molecule has 9 nitrogen and oxygen atoms in total. The van der Waals surface area contributed by atoms with Crippen LogP contribution < -0.4 is 0 Å². The van der Waals surface area contributed by atoms with Gasteiger partial charge in [0.2, 0.25) is 5.91 Å².